The number of hydrogen-bond acceptors (Lipinski definition) is 3. The van der Waals surface area contributed by atoms with Crippen LogP contribution in [0.2, 0.25) is 0 Å². The fourth-order valence-corrected chi connectivity index (χ4v) is 2.45. The number of nitrogens with one attached hydrogen (secondary N) is 2. The number of carbonyl (C=O) groups excluding carboxylic acids is 1. The van der Waals surface area contributed by atoms with Gasteiger partial charge in [-0.05, 0) is 24.7 Å². The second-order valence-electron chi connectivity index (χ2n) is 6.85. The van der Waals surface area contributed by atoms with Gasteiger partial charge in [-0.25, -0.2) is 4.79 Å². The van der Waals surface area contributed by atoms with E-state index in [1.165, 1.54) is 0 Å². The lowest BCUT2D eigenvalue weighted by molar-refractivity contribution is 0.112. The number of hydrogen-bond donors (Lipinski definition) is 2. The Balaban J connectivity index is 1.85. The summed E-state index contributed by atoms with van der Waals surface area (Å²) in [5.74, 6) is 0.707. The average molecular weight is 294 g/mol. The number of rotatable bonds is 4. The zero-order valence-corrected chi connectivity index (χ0v) is 13.4. The van der Waals surface area contributed by atoms with Crippen LogP contribution in [0.3, 0.4) is 0 Å². The van der Waals surface area contributed by atoms with Gasteiger partial charge in [-0.2, -0.15) is 5.10 Å². The van der Waals surface area contributed by atoms with E-state index >= 15 is 0 Å². The summed E-state index contributed by atoms with van der Waals surface area (Å²) >= 11 is 0. The lowest BCUT2D eigenvalue weighted by Crippen LogP contribution is -2.35. The van der Waals surface area contributed by atoms with Crippen LogP contribution in [0.25, 0.3) is 0 Å². The van der Waals surface area contributed by atoms with Crippen molar-refractivity contribution in [3.8, 4) is 0 Å². The van der Waals surface area contributed by atoms with Crippen LogP contribution in [0.5, 0.6) is 0 Å². The highest BCUT2D eigenvalue weighted by atomic mass is 16.5. The van der Waals surface area contributed by atoms with Gasteiger partial charge in [-0.1, -0.05) is 20.8 Å². The zero-order valence-electron chi connectivity index (χ0n) is 13.4. The van der Waals surface area contributed by atoms with E-state index in [-0.39, 0.29) is 17.6 Å². The molecule has 1 aliphatic rings. The topological polar surface area (TPSA) is 68.2 Å². The summed E-state index contributed by atoms with van der Waals surface area (Å²) in [6.45, 7) is 7.86. The molecule has 6 nitrogen and oxygen atoms in total. The molecular formula is C15H26N4O2. The number of carbonyl (C=O) groups is 1. The van der Waals surface area contributed by atoms with Crippen LogP contribution >= 0.6 is 0 Å². The van der Waals surface area contributed by atoms with Gasteiger partial charge in [-0.3, -0.25) is 10.00 Å². The number of nitrogens with zero attached hydrogens (tertiary/aromatic N) is 2. The van der Waals surface area contributed by atoms with E-state index in [0.717, 1.165) is 31.6 Å². The quantitative estimate of drug-likeness (QED) is 0.895. The minimum absolute atomic E-state index is 0.152. The third-order valence-electron chi connectivity index (χ3n) is 3.40. The predicted molar refractivity (Wildman–Crippen MR) is 82.4 cm³/mol. The number of amides is 2. The van der Waals surface area contributed by atoms with Crippen molar-refractivity contribution in [2.24, 2.45) is 12.5 Å². The molecule has 2 N–H and O–H groups in total. The number of aromatic nitrogens is 2. The van der Waals surface area contributed by atoms with Gasteiger partial charge in [0.2, 0.25) is 0 Å². The molecule has 2 heterocycles. The third kappa shape index (κ3) is 5.04. The number of urea groups is 1. The van der Waals surface area contributed by atoms with Gasteiger partial charge in [0.05, 0.1) is 11.8 Å². The molecule has 21 heavy (non-hydrogen) atoms. The molecule has 2 amide bonds. The zero-order chi connectivity index (χ0) is 15.5. The van der Waals surface area contributed by atoms with E-state index in [2.05, 4.69) is 36.5 Å². The molecule has 0 bridgehead atoms. The lowest BCUT2D eigenvalue weighted by atomic mass is 9.91. The molecule has 1 aromatic rings. The smallest absolute Gasteiger partial charge is 0.320 e. The lowest BCUT2D eigenvalue weighted by Gasteiger charge is -2.15. The Labute approximate surface area is 126 Å². The summed E-state index contributed by atoms with van der Waals surface area (Å²) in [6.07, 6.45) is 3.12. The van der Waals surface area contributed by atoms with E-state index in [1.54, 1.807) is 4.68 Å². The Bertz CT molecular complexity index is 484. The van der Waals surface area contributed by atoms with Crippen LogP contribution in [0.15, 0.2) is 6.07 Å². The average Bonchev–Trinajstić information content (AvgIpc) is 2.96. The molecule has 118 valence electrons. The Morgan fingerprint density at radius 3 is 2.90 bits per heavy atom. The minimum Gasteiger partial charge on any atom is -0.376 e. The van der Waals surface area contributed by atoms with Crippen molar-refractivity contribution in [1.82, 2.24) is 15.1 Å². The molecular weight excluding hydrogens is 268 g/mol. The molecule has 1 aliphatic heterocycles. The maximum absolute atomic E-state index is 11.9. The molecule has 6 heteroatoms. The number of anilines is 1. The highest BCUT2D eigenvalue weighted by Gasteiger charge is 2.18. The van der Waals surface area contributed by atoms with Gasteiger partial charge in [-0.15, -0.1) is 0 Å². The van der Waals surface area contributed by atoms with Crippen LogP contribution in [0.1, 0.15) is 39.3 Å². The Morgan fingerprint density at radius 2 is 2.29 bits per heavy atom. The summed E-state index contributed by atoms with van der Waals surface area (Å²) in [4.78, 5) is 11.9. The minimum atomic E-state index is -0.212. The van der Waals surface area contributed by atoms with E-state index < -0.39 is 0 Å². The number of aryl methyl sites for hydroxylation is 1. The summed E-state index contributed by atoms with van der Waals surface area (Å²) in [5, 5.41) is 10.1. The van der Waals surface area contributed by atoms with Crippen LogP contribution in [0.4, 0.5) is 10.6 Å². The van der Waals surface area contributed by atoms with Crippen molar-refractivity contribution in [2.45, 2.75) is 46.1 Å². The van der Waals surface area contributed by atoms with Crippen LogP contribution in [-0.4, -0.2) is 35.1 Å². The predicted octanol–water partition coefficient (Wildman–Crippen LogP) is 2.31. The first-order chi connectivity index (χ1) is 9.83. The number of ether oxygens (including phenoxy) is 1. The molecule has 0 aromatic carbocycles. The fraction of sp³-hybridized carbons (Fsp3) is 0.733. The highest BCUT2D eigenvalue weighted by Crippen LogP contribution is 2.21. The summed E-state index contributed by atoms with van der Waals surface area (Å²) in [5.41, 5.74) is 1.16. The second-order valence-corrected chi connectivity index (χ2v) is 6.85. The Kier molecular flexibility index (Phi) is 4.88. The Morgan fingerprint density at radius 1 is 1.52 bits per heavy atom. The van der Waals surface area contributed by atoms with Crippen molar-refractivity contribution < 1.29 is 9.53 Å². The first-order valence-electron chi connectivity index (χ1n) is 7.53. The second kappa shape index (κ2) is 6.47. The summed E-state index contributed by atoms with van der Waals surface area (Å²) < 4.78 is 7.18. The normalized spacial score (nSPS) is 18.8. The van der Waals surface area contributed by atoms with Crippen molar-refractivity contribution in [3.05, 3.63) is 11.8 Å². The summed E-state index contributed by atoms with van der Waals surface area (Å²) in [7, 11) is 1.84. The molecule has 0 aliphatic carbocycles. The monoisotopic (exact) mass is 294 g/mol. The van der Waals surface area contributed by atoms with Gasteiger partial charge in [0.1, 0.15) is 5.82 Å². The van der Waals surface area contributed by atoms with Gasteiger partial charge < -0.3 is 10.1 Å². The van der Waals surface area contributed by atoms with E-state index in [1.807, 2.05) is 13.1 Å². The van der Waals surface area contributed by atoms with E-state index in [0.29, 0.717) is 12.4 Å². The summed E-state index contributed by atoms with van der Waals surface area (Å²) in [6, 6.07) is 1.72. The fourth-order valence-electron chi connectivity index (χ4n) is 2.45. The first-order valence-corrected chi connectivity index (χ1v) is 7.53. The van der Waals surface area contributed by atoms with Crippen LogP contribution < -0.4 is 10.6 Å². The molecule has 0 unspecified atom stereocenters. The van der Waals surface area contributed by atoms with Gasteiger partial charge in [0.15, 0.2) is 0 Å². The van der Waals surface area contributed by atoms with Crippen molar-refractivity contribution in [1.29, 1.82) is 0 Å². The molecule has 1 fully saturated rings. The third-order valence-corrected chi connectivity index (χ3v) is 3.40. The van der Waals surface area contributed by atoms with Crippen molar-refractivity contribution >= 4 is 11.8 Å². The molecule has 1 atom stereocenters. The van der Waals surface area contributed by atoms with Gasteiger partial charge in [0.25, 0.3) is 0 Å². The standard InChI is InChI=1S/C15H26N4O2/c1-15(2,3)9-11-8-13(19(4)18-11)17-14(20)16-10-12-6-5-7-21-12/h8,12H,5-7,9-10H2,1-4H3,(H2,16,17,20)/t12-/m1/s1. The largest absolute Gasteiger partial charge is 0.376 e. The highest BCUT2D eigenvalue weighted by molar-refractivity contribution is 5.88. The van der Waals surface area contributed by atoms with Crippen molar-refractivity contribution in [2.75, 3.05) is 18.5 Å². The van der Waals surface area contributed by atoms with Crippen molar-refractivity contribution in [3.63, 3.8) is 0 Å². The van der Waals surface area contributed by atoms with Gasteiger partial charge in [0, 0.05) is 26.3 Å². The molecule has 0 saturated carbocycles. The Hall–Kier alpha value is -1.56. The SMILES string of the molecule is Cn1nc(CC(C)(C)C)cc1NC(=O)NC[C@H]1CCCO1. The molecule has 0 radical (unpaired) electrons. The van der Waals surface area contributed by atoms with E-state index in [4.69, 9.17) is 4.74 Å². The maximum atomic E-state index is 11.9. The maximum Gasteiger partial charge on any atom is 0.320 e. The van der Waals surface area contributed by atoms with Crippen LogP contribution in [-0.2, 0) is 18.2 Å². The van der Waals surface area contributed by atoms with E-state index in [9.17, 15) is 4.79 Å². The first kappa shape index (κ1) is 15.8. The molecule has 2 rings (SSSR count). The molecule has 0 spiro atoms. The van der Waals surface area contributed by atoms with Crippen LogP contribution in [0, 0.1) is 5.41 Å². The molecule has 1 aromatic heterocycles. The van der Waals surface area contributed by atoms with Gasteiger partial charge >= 0.3 is 6.03 Å². The molecule has 1 saturated heterocycles.